The van der Waals surface area contributed by atoms with Crippen LogP contribution in [0.2, 0.25) is 0 Å². The standard InChI is InChI=1S/C15H17N3O2/c1-3-20-14-7-5-11(9-17-14)18-15(19)12-6-4-10(2)8-13(12)16/h4-9H,3,16H2,1-2H3,(H,18,19). The van der Waals surface area contributed by atoms with Crippen LogP contribution in [0.4, 0.5) is 11.4 Å². The van der Waals surface area contributed by atoms with E-state index in [9.17, 15) is 4.79 Å². The molecule has 1 aromatic heterocycles. The molecule has 0 unspecified atom stereocenters. The second-order valence-corrected chi connectivity index (χ2v) is 4.36. The summed E-state index contributed by atoms with van der Waals surface area (Å²) in [4.78, 5) is 16.2. The van der Waals surface area contributed by atoms with E-state index in [0.29, 0.717) is 29.4 Å². The van der Waals surface area contributed by atoms with Crippen LogP contribution < -0.4 is 15.8 Å². The average molecular weight is 271 g/mol. The Bertz CT molecular complexity index is 609. The number of carbonyl (C=O) groups is 1. The Morgan fingerprint density at radius 1 is 1.35 bits per heavy atom. The van der Waals surface area contributed by atoms with Gasteiger partial charge in [-0.1, -0.05) is 6.07 Å². The molecular weight excluding hydrogens is 254 g/mol. The fourth-order valence-electron chi connectivity index (χ4n) is 1.77. The van der Waals surface area contributed by atoms with Gasteiger partial charge in [0.1, 0.15) is 0 Å². The maximum atomic E-state index is 12.1. The summed E-state index contributed by atoms with van der Waals surface area (Å²) in [5, 5.41) is 2.75. The number of nitrogens with two attached hydrogens (primary N) is 1. The van der Waals surface area contributed by atoms with Gasteiger partial charge in [0.15, 0.2) is 0 Å². The lowest BCUT2D eigenvalue weighted by Crippen LogP contribution is -2.14. The van der Waals surface area contributed by atoms with Crippen LogP contribution in [0, 0.1) is 6.92 Å². The molecule has 0 spiro atoms. The van der Waals surface area contributed by atoms with E-state index in [1.165, 1.54) is 0 Å². The molecule has 0 saturated carbocycles. The monoisotopic (exact) mass is 271 g/mol. The van der Waals surface area contributed by atoms with Crippen molar-refractivity contribution < 1.29 is 9.53 Å². The van der Waals surface area contributed by atoms with Gasteiger partial charge in [0, 0.05) is 11.8 Å². The van der Waals surface area contributed by atoms with E-state index in [2.05, 4.69) is 10.3 Å². The lowest BCUT2D eigenvalue weighted by atomic mass is 10.1. The number of nitrogens with zero attached hydrogens (tertiary/aromatic N) is 1. The van der Waals surface area contributed by atoms with Crippen LogP contribution in [0.25, 0.3) is 0 Å². The number of nitrogens with one attached hydrogen (secondary N) is 1. The predicted octanol–water partition coefficient (Wildman–Crippen LogP) is 2.62. The first-order valence-corrected chi connectivity index (χ1v) is 6.36. The summed E-state index contributed by atoms with van der Waals surface area (Å²) in [7, 11) is 0. The lowest BCUT2D eigenvalue weighted by molar-refractivity contribution is 0.102. The van der Waals surface area contributed by atoms with Gasteiger partial charge < -0.3 is 15.8 Å². The number of hydrogen-bond acceptors (Lipinski definition) is 4. The third-order valence-electron chi connectivity index (χ3n) is 2.74. The number of carbonyl (C=O) groups excluding carboxylic acids is 1. The van der Waals surface area contributed by atoms with Gasteiger partial charge in [-0.3, -0.25) is 4.79 Å². The first-order valence-electron chi connectivity index (χ1n) is 6.36. The van der Waals surface area contributed by atoms with E-state index in [1.807, 2.05) is 19.9 Å². The smallest absolute Gasteiger partial charge is 0.257 e. The number of aromatic nitrogens is 1. The molecular formula is C15H17N3O2. The molecule has 1 amide bonds. The highest BCUT2D eigenvalue weighted by atomic mass is 16.5. The molecule has 5 nitrogen and oxygen atoms in total. The van der Waals surface area contributed by atoms with Gasteiger partial charge in [-0.05, 0) is 37.6 Å². The first kappa shape index (κ1) is 13.9. The van der Waals surface area contributed by atoms with Crippen molar-refractivity contribution in [3.63, 3.8) is 0 Å². The quantitative estimate of drug-likeness (QED) is 0.838. The van der Waals surface area contributed by atoms with Crippen molar-refractivity contribution in [1.82, 2.24) is 4.98 Å². The molecule has 104 valence electrons. The number of pyridine rings is 1. The van der Waals surface area contributed by atoms with E-state index in [-0.39, 0.29) is 5.91 Å². The molecule has 0 atom stereocenters. The van der Waals surface area contributed by atoms with Gasteiger partial charge in [-0.2, -0.15) is 0 Å². The third-order valence-corrected chi connectivity index (χ3v) is 2.74. The number of nitrogen functional groups attached to an aromatic ring is 1. The van der Waals surface area contributed by atoms with Gasteiger partial charge in [0.05, 0.1) is 24.1 Å². The Labute approximate surface area is 117 Å². The molecule has 0 fully saturated rings. The highest BCUT2D eigenvalue weighted by Gasteiger charge is 2.10. The normalized spacial score (nSPS) is 10.1. The maximum absolute atomic E-state index is 12.1. The molecule has 1 heterocycles. The van der Waals surface area contributed by atoms with E-state index in [4.69, 9.17) is 10.5 Å². The van der Waals surface area contributed by atoms with Crippen LogP contribution in [0.3, 0.4) is 0 Å². The average Bonchev–Trinajstić information content (AvgIpc) is 2.41. The molecule has 3 N–H and O–H groups in total. The van der Waals surface area contributed by atoms with E-state index in [0.717, 1.165) is 5.56 Å². The lowest BCUT2D eigenvalue weighted by Gasteiger charge is -2.08. The second-order valence-electron chi connectivity index (χ2n) is 4.36. The Hall–Kier alpha value is -2.56. The Morgan fingerprint density at radius 2 is 2.15 bits per heavy atom. The van der Waals surface area contributed by atoms with Gasteiger partial charge in [0.25, 0.3) is 5.91 Å². The first-order chi connectivity index (χ1) is 9.60. The summed E-state index contributed by atoms with van der Waals surface area (Å²) < 4.78 is 5.24. The number of amides is 1. The summed E-state index contributed by atoms with van der Waals surface area (Å²) >= 11 is 0. The van der Waals surface area contributed by atoms with Gasteiger partial charge in [-0.15, -0.1) is 0 Å². The molecule has 0 radical (unpaired) electrons. The van der Waals surface area contributed by atoms with Gasteiger partial charge >= 0.3 is 0 Å². The molecule has 0 aliphatic carbocycles. The minimum absolute atomic E-state index is 0.256. The van der Waals surface area contributed by atoms with Crippen LogP contribution in [0.1, 0.15) is 22.8 Å². The van der Waals surface area contributed by atoms with Crippen LogP contribution >= 0.6 is 0 Å². The molecule has 0 bridgehead atoms. The number of benzene rings is 1. The van der Waals surface area contributed by atoms with Crippen LogP contribution in [0.5, 0.6) is 5.88 Å². The zero-order valence-electron chi connectivity index (χ0n) is 11.5. The van der Waals surface area contributed by atoms with Gasteiger partial charge in [-0.25, -0.2) is 4.98 Å². The highest BCUT2D eigenvalue weighted by molar-refractivity contribution is 6.07. The van der Waals surface area contributed by atoms with Crippen molar-refractivity contribution in [2.24, 2.45) is 0 Å². The zero-order chi connectivity index (χ0) is 14.5. The molecule has 1 aromatic carbocycles. The third kappa shape index (κ3) is 3.26. The van der Waals surface area contributed by atoms with Crippen molar-refractivity contribution in [3.05, 3.63) is 47.7 Å². The summed E-state index contributed by atoms with van der Waals surface area (Å²) in [5.41, 5.74) is 8.36. The Balaban J connectivity index is 2.11. The van der Waals surface area contributed by atoms with Crippen LogP contribution in [-0.2, 0) is 0 Å². The zero-order valence-corrected chi connectivity index (χ0v) is 11.5. The van der Waals surface area contributed by atoms with Crippen molar-refractivity contribution in [1.29, 1.82) is 0 Å². The fourth-order valence-corrected chi connectivity index (χ4v) is 1.77. The Morgan fingerprint density at radius 3 is 2.75 bits per heavy atom. The molecule has 20 heavy (non-hydrogen) atoms. The molecule has 0 aliphatic heterocycles. The summed E-state index contributed by atoms with van der Waals surface area (Å²) in [6, 6.07) is 8.77. The topological polar surface area (TPSA) is 77.2 Å². The van der Waals surface area contributed by atoms with E-state index < -0.39 is 0 Å². The molecule has 0 aliphatic rings. The fraction of sp³-hybridized carbons (Fsp3) is 0.200. The van der Waals surface area contributed by atoms with E-state index in [1.54, 1.807) is 30.5 Å². The number of rotatable bonds is 4. The largest absolute Gasteiger partial charge is 0.478 e. The number of aryl methyl sites for hydroxylation is 1. The SMILES string of the molecule is CCOc1ccc(NC(=O)c2ccc(C)cc2N)cn1. The maximum Gasteiger partial charge on any atom is 0.257 e. The molecule has 5 heteroatoms. The highest BCUT2D eigenvalue weighted by Crippen LogP contribution is 2.17. The van der Waals surface area contributed by atoms with E-state index >= 15 is 0 Å². The molecule has 2 rings (SSSR count). The predicted molar refractivity (Wildman–Crippen MR) is 79.0 cm³/mol. The number of hydrogen-bond donors (Lipinski definition) is 2. The number of anilines is 2. The summed E-state index contributed by atoms with van der Waals surface area (Å²) in [6.07, 6.45) is 1.55. The molecule has 2 aromatic rings. The number of ether oxygens (including phenoxy) is 1. The van der Waals surface area contributed by atoms with Crippen molar-refractivity contribution in [2.45, 2.75) is 13.8 Å². The Kier molecular flexibility index (Phi) is 4.20. The van der Waals surface area contributed by atoms with Crippen LogP contribution in [0.15, 0.2) is 36.5 Å². The van der Waals surface area contributed by atoms with Crippen molar-refractivity contribution >= 4 is 17.3 Å². The second kappa shape index (κ2) is 6.06. The minimum atomic E-state index is -0.256. The van der Waals surface area contributed by atoms with Gasteiger partial charge in [0.2, 0.25) is 5.88 Å². The minimum Gasteiger partial charge on any atom is -0.478 e. The molecule has 0 saturated heterocycles. The summed E-state index contributed by atoms with van der Waals surface area (Å²) in [5.74, 6) is 0.272. The van der Waals surface area contributed by atoms with Crippen molar-refractivity contribution in [3.8, 4) is 5.88 Å². The summed E-state index contributed by atoms with van der Waals surface area (Å²) in [6.45, 7) is 4.37. The van der Waals surface area contributed by atoms with Crippen molar-refractivity contribution in [2.75, 3.05) is 17.7 Å². The van der Waals surface area contributed by atoms with Crippen LogP contribution in [-0.4, -0.2) is 17.5 Å².